The summed E-state index contributed by atoms with van der Waals surface area (Å²) < 4.78 is 33.6. The molecule has 0 aliphatic heterocycles. The van der Waals surface area contributed by atoms with E-state index in [9.17, 15) is 18.3 Å². The Kier molecular flexibility index (Phi) is 8.39. The number of ether oxygens (including phenoxy) is 1. The summed E-state index contributed by atoms with van der Waals surface area (Å²) in [5.41, 5.74) is 4.70. The molecule has 0 aliphatic rings. The van der Waals surface area contributed by atoms with E-state index in [-0.39, 0.29) is 17.1 Å². The Bertz CT molecular complexity index is 1240. The molecule has 0 spiro atoms. The van der Waals surface area contributed by atoms with Crippen molar-refractivity contribution in [3.63, 3.8) is 0 Å². The lowest BCUT2D eigenvalue weighted by Gasteiger charge is -2.17. The molecule has 3 aromatic carbocycles. The van der Waals surface area contributed by atoms with E-state index in [4.69, 9.17) is 4.74 Å². The van der Waals surface area contributed by atoms with Crippen molar-refractivity contribution in [1.29, 1.82) is 0 Å². The Labute approximate surface area is 199 Å². The molecule has 0 radical (unpaired) electrons. The van der Waals surface area contributed by atoms with E-state index in [0.717, 1.165) is 11.1 Å². The van der Waals surface area contributed by atoms with Crippen LogP contribution in [0.4, 0.5) is 0 Å². The molecule has 0 heterocycles. The van der Waals surface area contributed by atoms with Gasteiger partial charge in [0.2, 0.25) is 10.0 Å². The molecule has 0 aromatic heterocycles. The number of rotatable bonds is 10. The highest BCUT2D eigenvalue weighted by molar-refractivity contribution is 7.89. The van der Waals surface area contributed by atoms with E-state index in [1.54, 1.807) is 31.2 Å². The normalized spacial score (nSPS) is 12.4. The first kappa shape index (κ1) is 24.9. The van der Waals surface area contributed by atoms with Crippen molar-refractivity contribution in [2.75, 3.05) is 6.61 Å². The number of hydrogen-bond donors (Lipinski definition) is 3. The monoisotopic (exact) mass is 481 g/mol. The maximum Gasteiger partial charge on any atom is 0.258 e. The molecule has 0 saturated heterocycles. The van der Waals surface area contributed by atoms with Crippen LogP contribution in [-0.4, -0.2) is 38.3 Å². The van der Waals surface area contributed by atoms with Crippen molar-refractivity contribution in [2.24, 2.45) is 5.10 Å². The minimum atomic E-state index is -3.94. The smallest absolute Gasteiger partial charge is 0.258 e. The first-order valence-corrected chi connectivity index (χ1v) is 12.2. The number of benzene rings is 3. The Balaban J connectivity index is 1.77. The molecule has 178 valence electrons. The van der Waals surface area contributed by atoms with Crippen molar-refractivity contribution < 1.29 is 23.1 Å². The highest BCUT2D eigenvalue weighted by Crippen LogP contribution is 2.26. The first-order valence-electron chi connectivity index (χ1n) is 10.7. The number of carbonyl (C=O) groups excluding carboxylic acids is 1. The van der Waals surface area contributed by atoms with Gasteiger partial charge in [-0.15, -0.1) is 0 Å². The number of sulfonamides is 1. The van der Waals surface area contributed by atoms with Gasteiger partial charge in [0.15, 0.2) is 11.5 Å². The summed E-state index contributed by atoms with van der Waals surface area (Å²) in [6, 6.07) is 19.0. The maximum atomic E-state index is 12.9. The van der Waals surface area contributed by atoms with Crippen LogP contribution in [0.2, 0.25) is 0 Å². The fourth-order valence-electron chi connectivity index (χ4n) is 3.14. The summed E-state index contributed by atoms with van der Waals surface area (Å²) in [6.07, 6.45) is 1.52. The number of aromatic hydroxyl groups is 1. The molecule has 1 amide bonds. The predicted molar refractivity (Wildman–Crippen MR) is 130 cm³/mol. The van der Waals surface area contributed by atoms with Crippen LogP contribution in [0.3, 0.4) is 0 Å². The lowest BCUT2D eigenvalue weighted by atomic mass is 10.1. The Morgan fingerprint density at radius 1 is 1.09 bits per heavy atom. The third-order valence-electron chi connectivity index (χ3n) is 4.90. The number of amides is 1. The molecule has 0 saturated carbocycles. The molecule has 34 heavy (non-hydrogen) atoms. The fourth-order valence-corrected chi connectivity index (χ4v) is 4.34. The van der Waals surface area contributed by atoms with Crippen molar-refractivity contribution in [2.45, 2.75) is 31.2 Å². The van der Waals surface area contributed by atoms with E-state index in [1.165, 1.54) is 24.4 Å². The van der Waals surface area contributed by atoms with E-state index in [0.29, 0.717) is 17.9 Å². The third kappa shape index (κ3) is 6.90. The minimum absolute atomic E-state index is 0.00327. The number of nitrogens with zero attached hydrogens (tertiary/aromatic N) is 1. The third-order valence-corrected chi connectivity index (χ3v) is 6.39. The van der Waals surface area contributed by atoms with Crippen LogP contribution in [0.5, 0.6) is 11.5 Å². The van der Waals surface area contributed by atoms with Crippen LogP contribution < -0.4 is 14.9 Å². The molecule has 0 fully saturated rings. The topological polar surface area (TPSA) is 117 Å². The van der Waals surface area contributed by atoms with E-state index < -0.39 is 22.0 Å². The van der Waals surface area contributed by atoms with E-state index in [1.807, 2.05) is 37.3 Å². The summed E-state index contributed by atoms with van der Waals surface area (Å²) >= 11 is 0. The molecule has 1 atom stereocenters. The molecule has 8 nitrogen and oxygen atoms in total. The summed E-state index contributed by atoms with van der Waals surface area (Å²) in [7, 11) is -3.94. The lowest BCUT2D eigenvalue weighted by molar-refractivity contribution is -0.122. The van der Waals surface area contributed by atoms with Gasteiger partial charge >= 0.3 is 0 Å². The average molecular weight is 482 g/mol. The van der Waals surface area contributed by atoms with Crippen molar-refractivity contribution in [3.8, 4) is 11.5 Å². The van der Waals surface area contributed by atoms with Crippen LogP contribution in [0.1, 0.15) is 23.6 Å². The molecule has 0 aliphatic carbocycles. The van der Waals surface area contributed by atoms with E-state index in [2.05, 4.69) is 15.2 Å². The highest BCUT2D eigenvalue weighted by Gasteiger charge is 2.26. The Morgan fingerprint density at radius 2 is 1.79 bits per heavy atom. The number of phenols is 1. The maximum absolute atomic E-state index is 12.9. The molecule has 3 rings (SSSR count). The summed E-state index contributed by atoms with van der Waals surface area (Å²) in [5, 5.41) is 13.8. The van der Waals surface area contributed by atoms with Crippen LogP contribution >= 0.6 is 0 Å². The second-order valence-electron chi connectivity index (χ2n) is 7.57. The van der Waals surface area contributed by atoms with Gasteiger partial charge in [0.1, 0.15) is 6.04 Å². The lowest BCUT2D eigenvalue weighted by Crippen LogP contribution is -2.46. The molecular weight excluding hydrogens is 454 g/mol. The Morgan fingerprint density at radius 3 is 2.47 bits per heavy atom. The average Bonchev–Trinajstić information content (AvgIpc) is 2.81. The van der Waals surface area contributed by atoms with Gasteiger partial charge in [-0.25, -0.2) is 13.8 Å². The van der Waals surface area contributed by atoms with Crippen LogP contribution in [0.15, 0.2) is 82.8 Å². The summed E-state index contributed by atoms with van der Waals surface area (Å²) in [6.45, 7) is 4.04. The van der Waals surface area contributed by atoms with Gasteiger partial charge in [0.25, 0.3) is 5.91 Å². The van der Waals surface area contributed by atoms with Gasteiger partial charge in [-0.2, -0.15) is 9.82 Å². The van der Waals surface area contributed by atoms with Crippen molar-refractivity contribution >= 4 is 22.1 Å². The standard InChI is InChI=1S/C25H27N3O5S/c1-3-33-24-16-20(11-14-23(24)29)17-26-27-25(30)22(15-19-7-5-4-6-8-19)28-34(31,32)21-12-9-18(2)10-13-21/h4-14,16-17,22,28-29H,3,15H2,1-2H3,(H,27,30)/b26-17+. The molecule has 9 heteroatoms. The zero-order valence-corrected chi connectivity index (χ0v) is 19.7. The molecule has 3 N–H and O–H groups in total. The van der Waals surface area contributed by atoms with Crippen LogP contribution in [0, 0.1) is 6.92 Å². The van der Waals surface area contributed by atoms with Crippen molar-refractivity contribution in [3.05, 3.63) is 89.5 Å². The number of hydrazone groups is 1. The minimum Gasteiger partial charge on any atom is -0.504 e. The van der Waals surface area contributed by atoms with Crippen LogP contribution in [-0.2, 0) is 21.2 Å². The first-order chi connectivity index (χ1) is 16.3. The van der Waals surface area contributed by atoms with Crippen LogP contribution in [0.25, 0.3) is 0 Å². The van der Waals surface area contributed by atoms with Crippen molar-refractivity contribution in [1.82, 2.24) is 10.1 Å². The van der Waals surface area contributed by atoms with Gasteiger partial charge in [-0.3, -0.25) is 4.79 Å². The zero-order valence-electron chi connectivity index (χ0n) is 18.9. The number of hydrogen-bond acceptors (Lipinski definition) is 6. The van der Waals surface area contributed by atoms with E-state index >= 15 is 0 Å². The van der Waals surface area contributed by atoms with Gasteiger partial charge < -0.3 is 9.84 Å². The second-order valence-corrected chi connectivity index (χ2v) is 9.29. The Hall–Kier alpha value is -3.69. The summed E-state index contributed by atoms with van der Waals surface area (Å²) in [4.78, 5) is 13.0. The number of aryl methyl sites for hydroxylation is 1. The summed E-state index contributed by atoms with van der Waals surface area (Å²) in [5.74, 6) is -0.318. The molecule has 3 aromatic rings. The second kappa shape index (κ2) is 11.4. The van der Waals surface area contributed by atoms with Gasteiger partial charge in [-0.1, -0.05) is 48.0 Å². The fraction of sp³-hybridized carbons (Fsp3) is 0.200. The van der Waals surface area contributed by atoms with Gasteiger partial charge in [-0.05, 0) is 61.7 Å². The number of phenolic OH excluding ortho intramolecular Hbond substituents is 1. The quantitative estimate of drug-likeness (QED) is 0.304. The van der Waals surface area contributed by atoms with Gasteiger partial charge in [0, 0.05) is 0 Å². The molecule has 1 unspecified atom stereocenters. The SMILES string of the molecule is CCOc1cc(/C=N/NC(=O)C(Cc2ccccc2)NS(=O)(=O)c2ccc(C)cc2)ccc1O. The largest absolute Gasteiger partial charge is 0.504 e. The number of nitrogens with one attached hydrogen (secondary N) is 2. The number of carbonyl (C=O) groups is 1. The molecular formula is C25H27N3O5S. The highest BCUT2D eigenvalue weighted by atomic mass is 32.2. The predicted octanol–water partition coefficient (Wildman–Crippen LogP) is 3.14. The zero-order chi connectivity index (χ0) is 24.6. The molecule has 0 bridgehead atoms. The van der Waals surface area contributed by atoms with Gasteiger partial charge in [0.05, 0.1) is 17.7 Å².